The Morgan fingerprint density at radius 1 is 1.14 bits per heavy atom. The van der Waals surface area contributed by atoms with E-state index in [9.17, 15) is 8.42 Å². The molecule has 1 aliphatic rings. The van der Waals surface area contributed by atoms with Crippen LogP contribution in [0.3, 0.4) is 0 Å². The second kappa shape index (κ2) is 10.8. The number of benzene rings is 2. The lowest BCUT2D eigenvalue weighted by molar-refractivity contribution is 0.302. The lowest BCUT2D eigenvalue weighted by Gasteiger charge is -2.34. The van der Waals surface area contributed by atoms with Crippen LogP contribution in [0, 0.1) is 0 Å². The van der Waals surface area contributed by atoms with E-state index in [0.717, 1.165) is 32.1 Å². The molecule has 2 N–H and O–H groups in total. The van der Waals surface area contributed by atoms with Crippen LogP contribution in [0.5, 0.6) is 11.5 Å². The number of ether oxygens (including phenoxy) is 1. The lowest BCUT2D eigenvalue weighted by atomic mass is 9.92. The highest BCUT2D eigenvalue weighted by molar-refractivity contribution is 7.82. The number of piperidine rings is 1. The summed E-state index contributed by atoms with van der Waals surface area (Å²) in [4.78, 5) is 0. The van der Waals surface area contributed by atoms with Crippen LogP contribution in [-0.2, 0) is 21.1 Å². The molecule has 0 unspecified atom stereocenters. The summed E-state index contributed by atoms with van der Waals surface area (Å²) in [6.07, 6.45) is 2.14. The van der Waals surface area contributed by atoms with Crippen molar-refractivity contribution in [2.24, 2.45) is 0 Å². The van der Waals surface area contributed by atoms with Crippen molar-refractivity contribution in [3.05, 3.63) is 59.7 Å². The number of methoxy groups -OCH3 is 1. The summed E-state index contributed by atoms with van der Waals surface area (Å²) in [5.74, 6) is 0.843. The van der Waals surface area contributed by atoms with E-state index in [-0.39, 0.29) is 30.2 Å². The first-order valence-corrected chi connectivity index (χ1v) is 10.5. The maximum Gasteiger partial charge on any atom is 0.448 e. The van der Waals surface area contributed by atoms with Gasteiger partial charge in [0.1, 0.15) is 11.5 Å². The van der Waals surface area contributed by atoms with E-state index in [0.29, 0.717) is 12.3 Å². The average Bonchev–Trinajstić information content (AvgIpc) is 2.73. The van der Waals surface area contributed by atoms with Gasteiger partial charge < -0.3 is 19.6 Å². The number of hydrogen-bond donors (Lipinski definition) is 2. The average molecular weight is 443 g/mol. The molecule has 160 valence electrons. The fourth-order valence-electron chi connectivity index (χ4n) is 3.46. The van der Waals surface area contributed by atoms with Crippen molar-refractivity contribution in [1.82, 2.24) is 10.6 Å². The Balaban J connectivity index is 0.00000300. The van der Waals surface area contributed by atoms with E-state index in [1.54, 1.807) is 19.2 Å². The number of nitrogens with one attached hydrogen (secondary N) is 2. The Bertz CT molecular complexity index is 880. The fraction of sp³-hybridized carbons (Fsp3) is 0.400. The Hall–Kier alpha value is -1.84. The van der Waals surface area contributed by atoms with Crippen LogP contribution in [0.25, 0.3) is 0 Å². The minimum absolute atomic E-state index is 0. The quantitative estimate of drug-likeness (QED) is 0.649. The molecule has 0 radical (unpaired) electrons. The Morgan fingerprint density at radius 3 is 2.59 bits per heavy atom. The third kappa shape index (κ3) is 6.32. The largest absolute Gasteiger partial charge is 0.496 e. The molecule has 0 aliphatic carbocycles. The monoisotopic (exact) mass is 442 g/mol. The molecule has 9 heteroatoms. The SMILES string of the molecule is COc1ccc(OS(=O)(=O)OC)cc1CN[C@H]1CCCN[C@H]1c1ccccc1.Cl. The fourth-order valence-corrected chi connectivity index (χ4v) is 3.86. The molecule has 0 amide bonds. The first-order chi connectivity index (χ1) is 13.5. The third-order valence-electron chi connectivity index (χ3n) is 4.83. The number of rotatable bonds is 8. The molecule has 29 heavy (non-hydrogen) atoms. The van der Waals surface area contributed by atoms with Crippen LogP contribution < -0.4 is 19.6 Å². The zero-order valence-electron chi connectivity index (χ0n) is 16.5. The van der Waals surface area contributed by atoms with Gasteiger partial charge in [-0.2, -0.15) is 8.42 Å². The zero-order chi connectivity index (χ0) is 20.0. The van der Waals surface area contributed by atoms with Crippen molar-refractivity contribution in [2.75, 3.05) is 20.8 Å². The molecule has 2 aromatic carbocycles. The molecular formula is C20H27ClN2O5S. The van der Waals surface area contributed by atoms with Crippen molar-refractivity contribution in [2.45, 2.75) is 31.5 Å². The van der Waals surface area contributed by atoms with Crippen LogP contribution in [-0.4, -0.2) is 35.2 Å². The Kier molecular flexibility index (Phi) is 8.73. The van der Waals surface area contributed by atoms with E-state index in [4.69, 9.17) is 8.92 Å². The van der Waals surface area contributed by atoms with Crippen molar-refractivity contribution in [3.8, 4) is 11.5 Å². The Morgan fingerprint density at radius 2 is 1.90 bits per heavy atom. The van der Waals surface area contributed by atoms with Crippen LogP contribution in [0.15, 0.2) is 48.5 Å². The van der Waals surface area contributed by atoms with Gasteiger partial charge in [-0.1, -0.05) is 30.3 Å². The second-order valence-corrected chi connectivity index (χ2v) is 7.92. The smallest absolute Gasteiger partial charge is 0.448 e. The van der Waals surface area contributed by atoms with Crippen molar-refractivity contribution < 1.29 is 21.5 Å². The molecule has 3 rings (SSSR count). The number of hydrogen-bond acceptors (Lipinski definition) is 7. The normalized spacial score (nSPS) is 19.2. The molecule has 1 fully saturated rings. The minimum atomic E-state index is -4.06. The molecule has 1 saturated heterocycles. The first-order valence-electron chi connectivity index (χ1n) is 9.21. The molecule has 1 heterocycles. The summed E-state index contributed by atoms with van der Waals surface area (Å²) in [7, 11) is -1.42. The van der Waals surface area contributed by atoms with E-state index >= 15 is 0 Å². The van der Waals surface area contributed by atoms with Crippen LogP contribution in [0.2, 0.25) is 0 Å². The molecule has 7 nitrogen and oxygen atoms in total. The van der Waals surface area contributed by atoms with Crippen molar-refractivity contribution >= 4 is 22.8 Å². The maximum absolute atomic E-state index is 11.5. The molecule has 0 spiro atoms. The van der Waals surface area contributed by atoms with Gasteiger partial charge in [-0.25, -0.2) is 4.18 Å². The minimum Gasteiger partial charge on any atom is -0.496 e. The van der Waals surface area contributed by atoms with Gasteiger partial charge in [0, 0.05) is 24.2 Å². The summed E-state index contributed by atoms with van der Waals surface area (Å²) in [5, 5.41) is 7.17. The summed E-state index contributed by atoms with van der Waals surface area (Å²) < 4.78 is 37.8. The zero-order valence-corrected chi connectivity index (χ0v) is 18.1. The van der Waals surface area contributed by atoms with Gasteiger partial charge >= 0.3 is 10.4 Å². The van der Waals surface area contributed by atoms with Gasteiger partial charge in [-0.3, -0.25) is 0 Å². The van der Waals surface area contributed by atoms with Gasteiger partial charge in [-0.05, 0) is 43.1 Å². The highest BCUT2D eigenvalue weighted by Crippen LogP contribution is 2.27. The number of halogens is 1. The van der Waals surface area contributed by atoms with Gasteiger partial charge in [0.25, 0.3) is 0 Å². The standard InChI is InChI=1S/C20H26N2O5S.ClH/c1-25-19-11-10-17(27-28(23,24)26-2)13-16(19)14-22-18-9-6-12-21-20(18)15-7-4-3-5-8-15;/h3-5,7-8,10-11,13,18,20-22H,6,9,12,14H2,1-2H3;1H/t18-,20-;/m0./s1. The van der Waals surface area contributed by atoms with Gasteiger partial charge in [0.15, 0.2) is 0 Å². The highest BCUT2D eigenvalue weighted by atomic mass is 35.5. The predicted octanol–water partition coefficient (Wildman–Crippen LogP) is 2.97. The van der Waals surface area contributed by atoms with Crippen LogP contribution in [0.4, 0.5) is 0 Å². The van der Waals surface area contributed by atoms with Gasteiger partial charge in [0.05, 0.1) is 14.2 Å². The van der Waals surface area contributed by atoms with E-state index in [1.807, 2.05) is 18.2 Å². The first kappa shape index (κ1) is 23.4. The maximum atomic E-state index is 11.5. The van der Waals surface area contributed by atoms with Crippen LogP contribution >= 0.6 is 12.4 Å². The van der Waals surface area contributed by atoms with E-state index in [2.05, 4.69) is 26.9 Å². The van der Waals surface area contributed by atoms with E-state index in [1.165, 1.54) is 11.6 Å². The molecule has 0 saturated carbocycles. The molecule has 2 aromatic rings. The van der Waals surface area contributed by atoms with Gasteiger partial charge in [-0.15, -0.1) is 12.4 Å². The lowest BCUT2D eigenvalue weighted by Crippen LogP contribution is -2.45. The van der Waals surface area contributed by atoms with Crippen LogP contribution in [0.1, 0.15) is 30.0 Å². The van der Waals surface area contributed by atoms with Gasteiger partial charge in [0.2, 0.25) is 0 Å². The summed E-state index contributed by atoms with van der Waals surface area (Å²) in [5.41, 5.74) is 2.05. The molecule has 0 aromatic heterocycles. The molecule has 0 bridgehead atoms. The topological polar surface area (TPSA) is 85.9 Å². The van der Waals surface area contributed by atoms with Crippen molar-refractivity contribution in [1.29, 1.82) is 0 Å². The summed E-state index contributed by atoms with van der Waals surface area (Å²) in [6, 6.07) is 15.7. The highest BCUT2D eigenvalue weighted by Gasteiger charge is 2.26. The molecular weight excluding hydrogens is 416 g/mol. The molecule has 2 atom stereocenters. The summed E-state index contributed by atoms with van der Waals surface area (Å²) in [6.45, 7) is 1.50. The Labute approximate surface area is 178 Å². The van der Waals surface area contributed by atoms with E-state index < -0.39 is 10.4 Å². The second-order valence-electron chi connectivity index (χ2n) is 6.60. The summed E-state index contributed by atoms with van der Waals surface area (Å²) >= 11 is 0. The molecule has 1 aliphatic heterocycles. The third-order valence-corrected chi connectivity index (χ3v) is 5.63. The van der Waals surface area contributed by atoms with Crippen molar-refractivity contribution in [3.63, 3.8) is 0 Å². The predicted molar refractivity (Wildman–Crippen MR) is 114 cm³/mol.